The number of nitrogens with one attached hydrogen (secondary N) is 1. The largest absolute Gasteiger partial charge is 0.444 e. The first-order chi connectivity index (χ1) is 8.88. The van der Waals surface area contributed by atoms with Gasteiger partial charge < -0.3 is 4.42 Å². The predicted molar refractivity (Wildman–Crippen MR) is 74.1 cm³/mol. The number of sulfonamides is 1. The zero-order valence-corrected chi connectivity index (χ0v) is 12.9. The van der Waals surface area contributed by atoms with Gasteiger partial charge in [-0.25, -0.2) is 18.1 Å². The van der Waals surface area contributed by atoms with Gasteiger partial charge in [0.05, 0.1) is 17.1 Å². The number of hydrogen-bond donors (Lipinski definition) is 1. The van der Waals surface area contributed by atoms with Crippen molar-refractivity contribution >= 4 is 26.0 Å². The summed E-state index contributed by atoms with van der Waals surface area (Å²) in [7, 11) is -3.56. The van der Waals surface area contributed by atoms with Crippen LogP contribution in [0.5, 0.6) is 0 Å². The number of halogens is 1. The lowest BCUT2D eigenvalue weighted by molar-refractivity contribution is 0.463. The molecular weight excluding hydrogens is 332 g/mol. The lowest BCUT2D eigenvalue weighted by Crippen LogP contribution is -2.23. The quantitative estimate of drug-likeness (QED) is 0.924. The smallest absolute Gasteiger partial charge is 0.241 e. The van der Waals surface area contributed by atoms with Gasteiger partial charge in [0.1, 0.15) is 5.76 Å². The average Bonchev–Trinajstić information content (AvgIpc) is 2.67. The topological polar surface area (TPSA) is 72.2 Å². The van der Waals surface area contributed by atoms with Crippen molar-refractivity contribution in [3.8, 4) is 0 Å². The van der Waals surface area contributed by atoms with E-state index in [1.54, 1.807) is 19.1 Å². The van der Waals surface area contributed by atoms with Crippen LogP contribution in [0.4, 0.5) is 0 Å². The minimum atomic E-state index is -3.56. The Balaban J connectivity index is 2.14. The van der Waals surface area contributed by atoms with E-state index in [1.165, 1.54) is 12.1 Å². The van der Waals surface area contributed by atoms with Crippen molar-refractivity contribution in [3.63, 3.8) is 0 Å². The standard InChI is InChI=1S/C12H13BrN2O3S/c1-8-9(2)18-12(15-8)7-14-19(16,17)11-5-3-4-10(13)6-11/h3-6,14H,7H2,1-2H3. The molecule has 0 spiro atoms. The molecule has 7 heteroatoms. The van der Waals surface area contributed by atoms with E-state index in [2.05, 4.69) is 25.6 Å². The molecule has 0 bridgehead atoms. The first-order valence-corrected chi connectivity index (χ1v) is 7.84. The molecule has 0 aliphatic carbocycles. The molecule has 1 N–H and O–H groups in total. The molecule has 0 saturated heterocycles. The normalized spacial score (nSPS) is 11.7. The maximum atomic E-state index is 12.0. The zero-order valence-electron chi connectivity index (χ0n) is 10.5. The molecule has 102 valence electrons. The van der Waals surface area contributed by atoms with E-state index in [4.69, 9.17) is 4.42 Å². The fraction of sp³-hybridized carbons (Fsp3) is 0.250. The van der Waals surface area contributed by atoms with Crippen molar-refractivity contribution in [2.45, 2.75) is 25.3 Å². The highest BCUT2D eigenvalue weighted by molar-refractivity contribution is 9.10. The van der Waals surface area contributed by atoms with E-state index in [1.807, 2.05) is 6.92 Å². The van der Waals surface area contributed by atoms with E-state index < -0.39 is 10.0 Å². The van der Waals surface area contributed by atoms with Gasteiger partial charge in [-0.3, -0.25) is 0 Å². The molecule has 2 rings (SSSR count). The van der Waals surface area contributed by atoms with E-state index in [9.17, 15) is 8.42 Å². The Hall–Kier alpha value is -1.18. The van der Waals surface area contributed by atoms with Gasteiger partial charge in [0.2, 0.25) is 15.9 Å². The first-order valence-electron chi connectivity index (χ1n) is 5.56. The summed E-state index contributed by atoms with van der Waals surface area (Å²) in [6.07, 6.45) is 0. The Labute approximate surface area is 120 Å². The number of aryl methyl sites for hydroxylation is 2. The minimum absolute atomic E-state index is 0.0313. The number of nitrogens with zero attached hydrogens (tertiary/aromatic N) is 1. The number of benzene rings is 1. The minimum Gasteiger partial charge on any atom is -0.444 e. The van der Waals surface area contributed by atoms with Crippen LogP contribution in [-0.2, 0) is 16.6 Å². The Morgan fingerprint density at radius 1 is 1.37 bits per heavy atom. The first kappa shape index (κ1) is 14.2. The summed E-state index contributed by atoms with van der Waals surface area (Å²) in [4.78, 5) is 4.32. The molecule has 0 amide bonds. The third kappa shape index (κ3) is 3.43. The van der Waals surface area contributed by atoms with Crippen LogP contribution >= 0.6 is 15.9 Å². The lowest BCUT2D eigenvalue weighted by atomic mass is 10.4. The van der Waals surface area contributed by atoms with Crippen molar-refractivity contribution in [1.29, 1.82) is 0 Å². The maximum absolute atomic E-state index is 12.0. The highest BCUT2D eigenvalue weighted by atomic mass is 79.9. The van der Waals surface area contributed by atoms with Gasteiger partial charge >= 0.3 is 0 Å². The predicted octanol–water partition coefficient (Wildman–Crippen LogP) is 2.53. The summed E-state index contributed by atoms with van der Waals surface area (Å²) >= 11 is 3.24. The van der Waals surface area contributed by atoms with E-state index in [0.717, 1.165) is 5.69 Å². The highest BCUT2D eigenvalue weighted by Gasteiger charge is 2.15. The molecule has 0 radical (unpaired) electrons. The van der Waals surface area contributed by atoms with Gasteiger partial charge in [-0.05, 0) is 32.0 Å². The molecule has 5 nitrogen and oxygen atoms in total. The highest BCUT2D eigenvalue weighted by Crippen LogP contribution is 2.16. The van der Waals surface area contributed by atoms with Crippen LogP contribution in [0.3, 0.4) is 0 Å². The van der Waals surface area contributed by atoms with Gasteiger partial charge in [-0.1, -0.05) is 22.0 Å². The molecule has 1 aromatic heterocycles. The van der Waals surface area contributed by atoms with Gasteiger partial charge in [-0.15, -0.1) is 0 Å². The van der Waals surface area contributed by atoms with E-state index >= 15 is 0 Å². The Morgan fingerprint density at radius 3 is 2.68 bits per heavy atom. The molecule has 1 aromatic carbocycles. The van der Waals surface area contributed by atoms with Crippen molar-refractivity contribution in [3.05, 3.63) is 46.1 Å². The van der Waals surface area contributed by atoms with Crippen LogP contribution in [0, 0.1) is 13.8 Å². The third-order valence-corrected chi connectivity index (χ3v) is 4.48. The summed E-state index contributed by atoms with van der Waals surface area (Å²) in [5.41, 5.74) is 0.761. The summed E-state index contributed by atoms with van der Waals surface area (Å²) in [6, 6.07) is 6.49. The van der Waals surface area contributed by atoms with Gasteiger partial charge in [0.25, 0.3) is 0 Å². The summed E-state index contributed by atoms with van der Waals surface area (Å²) < 4.78 is 32.6. The SMILES string of the molecule is Cc1nc(CNS(=O)(=O)c2cccc(Br)c2)oc1C. The number of oxazole rings is 1. The Morgan fingerprint density at radius 2 is 2.11 bits per heavy atom. The Bertz CT molecular complexity index is 675. The molecule has 0 fully saturated rings. The molecule has 19 heavy (non-hydrogen) atoms. The zero-order chi connectivity index (χ0) is 14.0. The lowest BCUT2D eigenvalue weighted by Gasteiger charge is -2.05. The maximum Gasteiger partial charge on any atom is 0.241 e. The van der Waals surface area contributed by atoms with Crippen LogP contribution in [0.2, 0.25) is 0 Å². The van der Waals surface area contributed by atoms with E-state index in [-0.39, 0.29) is 11.4 Å². The molecular formula is C12H13BrN2O3S. The monoisotopic (exact) mass is 344 g/mol. The molecule has 0 aliphatic heterocycles. The van der Waals surface area contributed by atoms with Crippen LogP contribution < -0.4 is 4.72 Å². The second-order valence-corrected chi connectivity index (χ2v) is 6.71. The van der Waals surface area contributed by atoms with Crippen LogP contribution in [0.15, 0.2) is 38.1 Å². The molecule has 2 aromatic rings. The fourth-order valence-corrected chi connectivity index (χ4v) is 3.06. The number of hydrogen-bond acceptors (Lipinski definition) is 4. The van der Waals surface area contributed by atoms with Crippen molar-refractivity contribution < 1.29 is 12.8 Å². The second kappa shape index (κ2) is 5.44. The molecule has 1 heterocycles. The number of rotatable bonds is 4. The van der Waals surface area contributed by atoms with E-state index in [0.29, 0.717) is 16.1 Å². The van der Waals surface area contributed by atoms with Crippen molar-refractivity contribution in [2.24, 2.45) is 0 Å². The van der Waals surface area contributed by atoms with Crippen LogP contribution in [0.25, 0.3) is 0 Å². The van der Waals surface area contributed by atoms with Gasteiger partial charge in [0.15, 0.2) is 0 Å². The van der Waals surface area contributed by atoms with Crippen molar-refractivity contribution in [2.75, 3.05) is 0 Å². The summed E-state index contributed by atoms with van der Waals surface area (Å²) in [6.45, 7) is 3.63. The third-order valence-electron chi connectivity index (χ3n) is 2.59. The number of aromatic nitrogens is 1. The van der Waals surface area contributed by atoms with Gasteiger partial charge in [-0.2, -0.15) is 0 Å². The van der Waals surface area contributed by atoms with Crippen LogP contribution in [0.1, 0.15) is 17.3 Å². The van der Waals surface area contributed by atoms with Gasteiger partial charge in [0, 0.05) is 4.47 Å². The summed E-state index contributed by atoms with van der Waals surface area (Å²) in [5.74, 6) is 1.05. The molecule has 0 atom stereocenters. The average molecular weight is 345 g/mol. The summed E-state index contributed by atoms with van der Waals surface area (Å²) in [5, 5.41) is 0. The molecule has 0 aliphatic rings. The van der Waals surface area contributed by atoms with Crippen molar-refractivity contribution in [1.82, 2.24) is 9.71 Å². The fourth-order valence-electron chi connectivity index (χ4n) is 1.49. The Kier molecular flexibility index (Phi) is 4.07. The molecule has 0 saturated carbocycles. The molecule has 0 unspecified atom stereocenters. The van der Waals surface area contributed by atoms with Crippen LogP contribution in [-0.4, -0.2) is 13.4 Å². The second-order valence-electron chi connectivity index (χ2n) is 4.03.